The number of nitrogens with one attached hydrogen (secondary N) is 2. The maximum Gasteiger partial charge on any atom is 0.477 e. The van der Waals surface area contributed by atoms with Gasteiger partial charge < -0.3 is 10.6 Å². The van der Waals surface area contributed by atoms with E-state index in [0.29, 0.717) is 33.4 Å². The lowest BCUT2D eigenvalue weighted by molar-refractivity contribution is 0.00555. The van der Waals surface area contributed by atoms with Crippen LogP contribution < -0.4 is 10.6 Å². The molecular weight excluding hydrogens is 477 g/mol. The molecule has 9 nitrogen and oxygen atoms in total. The summed E-state index contributed by atoms with van der Waals surface area (Å²) in [6, 6.07) is 7.79. The number of hydrogen-bond acceptors (Lipinski definition) is 9. The van der Waals surface area contributed by atoms with E-state index in [1.807, 2.05) is 6.92 Å². The van der Waals surface area contributed by atoms with Gasteiger partial charge in [-0.15, -0.1) is 0 Å². The van der Waals surface area contributed by atoms with Crippen LogP contribution in [0.1, 0.15) is 80.4 Å². The van der Waals surface area contributed by atoms with Gasteiger partial charge in [0.25, 0.3) is 0 Å². The molecule has 0 fully saturated rings. The minimum atomic E-state index is -3.92. The standard InChI is InChI=1S/C26H38N5O4P/c1-17(24(2,3)4)31-23-19(14-28)15-29-22-18(13-27)11-20(12-21(22)23)30-16-33-36(32,34-25(5,6)7)35-26(8,9)10/h11-12,15,17,30H,16H2,1-10H3,(H,29,31). The second-order valence-electron chi connectivity index (χ2n) is 11.7. The number of benzene rings is 1. The first-order chi connectivity index (χ1) is 16.4. The molecule has 0 radical (unpaired) electrons. The molecule has 36 heavy (non-hydrogen) atoms. The SMILES string of the molecule is CC(Nc1c(C#N)cnc2c(C#N)cc(NCOP(=O)(OC(C)(C)C)OC(C)(C)C)cc12)C(C)(C)C. The van der Waals surface area contributed by atoms with E-state index in [1.165, 1.54) is 6.20 Å². The van der Waals surface area contributed by atoms with E-state index in [0.717, 1.165) is 0 Å². The first kappa shape index (κ1) is 29.5. The third kappa shape index (κ3) is 8.18. The molecule has 0 aliphatic rings. The van der Waals surface area contributed by atoms with E-state index >= 15 is 0 Å². The summed E-state index contributed by atoms with van der Waals surface area (Å²) in [5.41, 5.74) is 0.700. The highest BCUT2D eigenvalue weighted by atomic mass is 31.2. The number of phosphoric acid groups is 1. The summed E-state index contributed by atoms with van der Waals surface area (Å²) in [7, 11) is -3.92. The van der Waals surface area contributed by atoms with Crippen LogP contribution in [-0.4, -0.2) is 29.0 Å². The lowest BCUT2D eigenvalue weighted by Gasteiger charge is -2.31. The smallest absolute Gasteiger partial charge is 0.380 e. The van der Waals surface area contributed by atoms with Gasteiger partial charge in [-0.3, -0.25) is 18.6 Å². The number of fused-ring (bicyclic) bond motifs is 1. The summed E-state index contributed by atoms with van der Waals surface area (Å²) in [5, 5.41) is 26.6. The van der Waals surface area contributed by atoms with Gasteiger partial charge in [0.1, 0.15) is 18.9 Å². The summed E-state index contributed by atoms with van der Waals surface area (Å²) >= 11 is 0. The zero-order valence-electron chi connectivity index (χ0n) is 22.9. The minimum absolute atomic E-state index is 0.0238. The molecule has 1 aromatic heterocycles. The lowest BCUT2D eigenvalue weighted by Crippen LogP contribution is -2.31. The number of hydrogen-bond donors (Lipinski definition) is 2. The molecule has 0 bridgehead atoms. The quantitative estimate of drug-likeness (QED) is 0.283. The Morgan fingerprint density at radius 1 is 0.972 bits per heavy atom. The first-order valence-corrected chi connectivity index (χ1v) is 13.3. The van der Waals surface area contributed by atoms with Crippen molar-refractivity contribution in [2.75, 3.05) is 17.4 Å². The van der Waals surface area contributed by atoms with Crippen LogP contribution in [0.2, 0.25) is 0 Å². The highest BCUT2D eigenvalue weighted by Crippen LogP contribution is 2.55. The van der Waals surface area contributed by atoms with Crippen LogP contribution in [-0.2, 0) is 18.1 Å². The van der Waals surface area contributed by atoms with Gasteiger partial charge in [-0.25, -0.2) is 4.57 Å². The number of rotatable bonds is 8. The van der Waals surface area contributed by atoms with E-state index in [1.54, 1.807) is 53.7 Å². The number of nitriles is 2. The van der Waals surface area contributed by atoms with Crippen LogP contribution in [0.3, 0.4) is 0 Å². The van der Waals surface area contributed by atoms with Crippen molar-refractivity contribution in [3.8, 4) is 12.1 Å². The molecule has 2 rings (SSSR count). The molecule has 0 saturated heterocycles. The van der Waals surface area contributed by atoms with Crippen molar-refractivity contribution in [1.29, 1.82) is 10.5 Å². The van der Waals surface area contributed by atoms with Crippen molar-refractivity contribution in [2.24, 2.45) is 5.41 Å². The highest BCUT2D eigenvalue weighted by molar-refractivity contribution is 7.48. The van der Waals surface area contributed by atoms with E-state index in [4.69, 9.17) is 13.6 Å². The lowest BCUT2D eigenvalue weighted by atomic mass is 9.87. The molecule has 196 valence electrons. The van der Waals surface area contributed by atoms with Crippen molar-refractivity contribution in [3.63, 3.8) is 0 Å². The fourth-order valence-electron chi connectivity index (χ4n) is 3.10. The molecule has 0 spiro atoms. The predicted octanol–water partition coefficient (Wildman–Crippen LogP) is 6.95. The van der Waals surface area contributed by atoms with Gasteiger partial charge in [0.05, 0.1) is 33.5 Å². The number of pyridine rings is 1. The summed E-state index contributed by atoms with van der Waals surface area (Å²) < 4.78 is 30.2. The van der Waals surface area contributed by atoms with E-state index in [9.17, 15) is 15.1 Å². The van der Waals surface area contributed by atoms with Crippen LogP contribution in [0, 0.1) is 28.1 Å². The third-order valence-electron chi connectivity index (χ3n) is 5.14. The Balaban J connectivity index is 2.44. The zero-order chi connectivity index (χ0) is 27.5. The Morgan fingerprint density at radius 3 is 2.00 bits per heavy atom. The minimum Gasteiger partial charge on any atom is -0.380 e. The Kier molecular flexibility index (Phi) is 8.82. The summed E-state index contributed by atoms with van der Waals surface area (Å²) in [4.78, 5) is 4.37. The van der Waals surface area contributed by atoms with Crippen LogP contribution in [0.25, 0.3) is 10.9 Å². The Labute approximate surface area is 214 Å². The van der Waals surface area contributed by atoms with Gasteiger partial charge in [-0.2, -0.15) is 10.5 Å². The number of phosphoric ester groups is 1. The predicted molar refractivity (Wildman–Crippen MR) is 143 cm³/mol. The van der Waals surface area contributed by atoms with Gasteiger partial charge in [0, 0.05) is 23.3 Å². The highest BCUT2D eigenvalue weighted by Gasteiger charge is 2.37. The van der Waals surface area contributed by atoms with Crippen LogP contribution in [0.5, 0.6) is 0 Å². The van der Waals surface area contributed by atoms with Crippen molar-refractivity contribution in [3.05, 3.63) is 29.5 Å². The maximum absolute atomic E-state index is 13.3. The average Bonchev–Trinajstić information content (AvgIpc) is 2.69. The van der Waals surface area contributed by atoms with Crippen molar-refractivity contribution in [2.45, 2.75) is 86.5 Å². The molecule has 2 aromatic rings. The molecule has 1 unspecified atom stereocenters. The topological polar surface area (TPSA) is 129 Å². The van der Waals surface area contributed by atoms with Gasteiger partial charge in [0.2, 0.25) is 0 Å². The van der Waals surface area contributed by atoms with E-state index < -0.39 is 19.0 Å². The number of aromatic nitrogens is 1. The Bertz CT molecular complexity index is 1210. The molecule has 0 aliphatic carbocycles. The second-order valence-corrected chi connectivity index (χ2v) is 13.2. The van der Waals surface area contributed by atoms with Gasteiger partial charge in [-0.05, 0) is 66.0 Å². The number of nitrogens with zero attached hydrogens (tertiary/aromatic N) is 3. The fraction of sp³-hybridized carbons (Fsp3) is 0.577. The second kappa shape index (κ2) is 10.7. The monoisotopic (exact) mass is 515 g/mol. The fourth-order valence-corrected chi connectivity index (χ4v) is 4.81. The van der Waals surface area contributed by atoms with Gasteiger partial charge in [-0.1, -0.05) is 20.8 Å². The first-order valence-electron chi connectivity index (χ1n) is 11.8. The molecule has 1 heterocycles. The average molecular weight is 516 g/mol. The van der Waals surface area contributed by atoms with Gasteiger partial charge in [0.15, 0.2) is 0 Å². The Hall–Kier alpha value is -2.68. The van der Waals surface area contributed by atoms with Crippen LogP contribution >= 0.6 is 7.82 Å². The largest absolute Gasteiger partial charge is 0.477 e. The molecule has 1 atom stereocenters. The number of anilines is 2. The molecule has 0 saturated carbocycles. The van der Waals surface area contributed by atoms with Gasteiger partial charge >= 0.3 is 7.82 Å². The molecule has 10 heteroatoms. The third-order valence-corrected chi connectivity index (χ3v) is 7.13. The summed E-state index contributed by atoms with van der Waals surface area (Å²) in [6.45, 7) is 18.7. The van der Waals surface area contributed by atoms with Crippen LogP contribution in [0.15, 0.2) is 18.3 Å². The van der Waals surface area contributed by atoms with E-state index in [2.05, 4.69) is 48.5 Å². The van der Waals surface area contributed by atoms with E-state index in [-0.39, 0.29) is 18.2 Å². The molecule has 0 aliphatic heterocycles. The molecular formula is C26H38N5O4P. The Morgan fingerprint density at radius 2 is 1.53 bits per heavy atom. The normalized spacial score (nSPS) is 13.7. The molecule has 0 amide bonds. The maximum atomic E-state index is 13.3. The van der Waals surface area contributed by atoms with Crippen molar-refractivity contribution >= 4 is 30.1 Å². The summed E-state index contributed by atoms with van der Waals surface area (Å²) in [6.07, 6.45) is 1.47. The van der Waals surface area contributed by atoms with Crippen LogP contribution in [0.4, 0.5) is 11.4 Å². The van der Waals surface area contributed by atoms with Crippen molar-refractivity contribution in [1.82, 2.24) is 4.98 Å². The molecule has 2 N–H and O–H groups in total. The molecule has 1 aromatic carbocycles. The van der Waals surface area contributed by atoms with Crippen molar-refractivity contribution < 1.29 is 18.1 Å². The summed E-state index contributed by atoms with van der Waals surface area (Å²) in [5.74, 6) is 0. The zero-order valence-corrected chi connectivity index (χ0v) is 23.8.